The first-order valence-corrected chi connectivity index (χ1v) is 7.06. The molecule has 5 heteroatoms. The molecule has 0 radical (unpaired) electrons. The van der Waals surface area contributed by atoms with Crippen LogP contribution in [0.25, 0.3) is 0 Å². The lowest BCUT2D eigenvalue weighted by molar-refractivity contribution is 0.0672. The van der Waals surface area contributed by atoms with Crippen LogP contribution in [0.1, 0.15) is 42.9 Å². The van der Waals surface area contributed by atoms with E-state index in [0.29, 0.717) is 18.0 Å². The number of hydrogen-bond acceptors (Lipinski definition) is 3. The molecule has 0 atom stereocenters. The molecular weight excluding hydrogens is 284 g/mol. The molecule has 0 saturated heterocycles. The highest BCUT2D eigenvalue weighted by Gasteiger charge is 2.24. The lowest BCUT2D eigenvalue weighted by atomic mass is 10.1. The van der Waals surface area contributed by atoms with E-state index in [1.807, 2.05) is 4.90 Å². The van der Waals surface area contributed by atoms with Gasteiger partial charge in [-0.2, -0.15) is 0 Å². The molecule has 1 heterocycles. The van der Waals surface area contributed by atoms with E-state index in [4.69, 9.17) is 4.52 Å². The summed E-state index contributed by atoms with van der Waals surface area (Å²) in [7, 11) is 0. The highest BCUT2D eigenvalue weighted by Crippen LogP contribution is 2.14. The summed E-state index contributed by atoms with van der Waals surface area (Å²) in [5.41, 5.74) is 0.398. The van der Waals surface area contributed by atoms with Crippen LogP contribution in [-0.2, 0) is 0 Å². The Kier molecular flexibility index (Phi) is 5.68. The third-order valence-corrected chi connectivity index (χ3v) is 3.17. The first kappa shape index (κ1) is 14.2. The number of aromatic nitrogens is 1. The van der Waals surface area contributed by atoms with Crippen molar-refractivity contribution >= 4 is 21.8 Å². The lowest BCUT2D eigenvalue weighted by Gasteiger charge is -2.29. The number of carbonyl (C=O) groups is 1. The van der Waals surface area contributed by atoms with Crippen molar-refractivity contribution in [1.29, 1.82) is 0 Å². The van der Waals surface area contributed by atoms with Crippen LogP contribution in [0.5, 0.6) is 0 Å². The van der Waals surface area contributed by atoms with Crippen molar-refractivity contribution < 1.29 is 9.32 Å². The number of halogens is 1. The molecule has 0 bridgehead atoms. The molecule has 17 heavy (non-hydrogen) atoms. The molecule has 1 rings (SSSR count). The van der Waals surface area contributed by atoms with Crippen molar-refractivity contribution in [3.63, 3.8) is 0 Å². The van der Waals surface area contributed by atoms with Gasteiger partial charge in [0.15, 0.2) is 5.69 Å². The highest BCUT2D eigenvalue weighted by molar-refractivity contribution is 9.09. The Morgan fingerprint density at radius 3 is 2.59 bits per heavy atom. The zero-order valence-electron chi connectivity index (χ0n) is 10.6. The summed E-state index contributed by atoms with van der Waals surface area (Å²) < 4.78 is 4.95. The normalized spacial score (nSPS) is 10.9. The highest BCUT2D eigenvalue weighted by atomic mass is 79.9. The average molecular weight is 303 g/mol. The van der Waals surface area contributed by atoms with Crippen molar-refractivity contribution in [3.8, 4) is 0 Å². The third-order valence-electron chi connectivity index (χ3n) is 2.82. The summed E-state index contributed by atoms with van der Waals surface area (Å²) in [5, 5.41) is 4.56. The van der Waals surface area contributed by atoms with Gasteiger partial charge in [0.05, 0.1) is 0 Å². The number of nitrogens with zero attached hydrogens (tertiary/aromatic N) is 2. The van der Waals surface area contributed by atoms with E-state index >= 15 is 0 Å². The second-order valence-electron chi connectivity index (χ2n) is 3.98. The molecule has 0 unspecified atom stereocenters. The van der Waals surface area contributed by atoms with Gasteiger partial charge in [-0.25, -0.2) is 0 Å². The second kappa shape index (κ2) is 6.79. The Morgan fingerprint density at radius 1 is 1.53 bits per heavy atom. The Bertz CT molecular complexity index is 361. The predicted octanol–water partition coefficient (Wildman–Crippen LogP) is 3.01. The van der Waals surface area contributed by atoms with E-state index in [-0.39, 0.29) is 11.9 Å². The van der Waals surface area contributed by atoms with E-state index in [2.05, 4.69) is 34.9 Å². The van der Waals surface area contributed by atoms with Crippen molar-refractivity contribution in [2.24, 2.45) is 0 Å². The van der Waals surface area contributed by atoms with Crippen molar-refractivity contribution in [1.82, 2.24) is 10.1 Å². The standard InChI is InChI=1S/C12H19BrN2O2/c1-4-10(5-2)15(7-6-13)12(16)11-8-9(3)17-14-11/h8,10H,4-7H2,1-3H3. The summed E-state index contributed by atoms with van der Waals surface area (Å²) >= 11 is 3.39. The van der Waals surface area contributed by atoms with Crippen LogP contribution < -0.4 is 0 Å². The average Bonchev–Trinajstić information content (AvgIpc) is 2.75. The molecule has 0 N–H and O–H groups in total. The van der Waals surface area contributed by atoms with Gasteiger partial charge in [-0.1, -0.05) is 34.9 Å². The van der Waals surface area contributed by atoms with Gasteiger partial charge in [0.1, 0.15) is 5.76 Å². The van der Waals surface area contributed by atoms with E-state index in [0.717, 1.165) is 18.2 Å². The number of carbonyl (C=O) groups excluding carboxylic acids is 1. The molecule has 1 aromatic heterocycles. The molecule has 0 fully saturated rings. The quantitative estimate of drug-likeness (QED) is 0.759. The fourth-order valence-corrected chi connectivity index (χ4v) is 2.27. The number of aryl methyl sites for hydroxylation is 1. The Morgan fingerprint density at radius 2 is 2.18 bits per heavy atom. The minimum Gasteiger partial charge on any atom is -0.361 e. The molecule has 1 amide bonds. The van der Waals surface area contributed by atoms with Gasteiger partial charge in [0.25, 0.3) is 5.91 Å². The Hall–Kier alpha value is -0.840. The van der Waals surface area contributed by atoms with Crippen LogP contribution in [0.4, 0.5) is 0 Å². The summed E-state index contributed by atoms with van der Waals surface area (Å²) in [6.45, 7) is 6.67. The maximum absolute atomic E-state index is 12.3. The van der Waals surface area contributed by atoms with Gasteiger partial charge in [-0.15, -0.1) is 0 Å². The molecule has 1 aromatic rings. The molecular formula is C12H19BrN2O2. The van der Waals surface area contributed by atoms with Crippen molar-refractivity contribution in [3.05, 3.63) is 17.5 Å². The number of rotatable bonds is 6. The minimum atomic E-state index is -0.0463. The summed E-state index contributed by atoms with van der Waals surface area (Å²) in [6.07, 6.45) is 1.90. The largest absolute Gasteiger partial charge is 0.361 e. The van der Waals surface area contributed by atoms with Crippen LogP contribution in [0.3, 0.4) is 0 Å². The first-order chi connectivity index (χ1) is 8.13. The van der Waals surface area contributed by atoms with Gasteiger partial charge >= 0.3 is 0 Å². The van der Waals surface area contributed by atoms with Gasteiger partial charge in [0, 0.05) is 24.0 Å². The molecule has 0 spiro atoms. The van der Waals surface area contributed by atoms with E-state index in [1.54, 1.807) is 13.0 Å². The maximum atomic E-state index is 12.3. The Balaban J connectivity index is 2.86. The summed E-state index contributed by atoms with van der Waals surface area (Å²) in [5.74, 6) is 0.617. The molecule has 4 nitrogen and oxygen atoms in total. The van der Waals surface area contributed by atoms with E-state index in [9.17, 15) is 4.79 Å². The smallest absolute Gasteiger partial charge is 0.276 e. The molecule has 0 aliphatic heterocycles. The molecule has 96 valence electrons. The van der Waals surface area contributed by atoms with Gasteiger partial charge in [-0.05, 0) is 19.8 Å². The lowest BCUT2D eigenvalue weighted by Crippen LogP contribution is -2.41. The maximum Gasteiger partial charge on any atom is 0.276 e. The second-order valence-corrected chi connectivity index (χ2v) is 4.77. The zero-order valence-corrected chi connectivity index (χ0v) is 12.2. The number of hydrogen-bond donors (Lipinski definition) is 0. The summed E-state index contributed by atoms with van der Waals surface area (Å²) in [6, 6.07) is 1.95. The van der Waals surface area contributed by atoms with Crippen LogP contribution in [0.15, 0.2) is 10.6 Å². The molecule has 0 aromatic carbocycles. The van der Waals surface area contributed by atoms with Crippen molar-refractivity contribution in [2.45, 2.75) is 39.7 Å². The monoisotopic (exact) mass is 302 g/mol. The predicted molar refractivity (Wildman–Crippen MR) is 70.4 cm³/mol. The van der Waals surface area contributed by atoms with Gasteiger partial charge in [-0.3, -0.25) is 4.79 Å². The van der Waals surface area contributed by atoms with Crippen LogP contribution in [0.2, 0.25) is 0 Å². The van der Waals surface area contributed by atoms with Crippen LogP contribution in [0, 0.1) is 6.92 Å². The fourth-order valence-electron chi connectivity index (χ4n) is 1.88. The molecule has 0 aliphatic rings. The third kappa shape index (κ3) is 3.56. The minimum absolute atomic E-state index is 0.0463. The SMILES string of the molecule is CCC(CC)N(CCBr)C(=O)c1cc(C)on1. The van der Waals surface area contributed by atoms with Crippen molar-refractivity contribution in [2.75, 3.05) is 11.9 Å². The van der Waals surface area contributed by atoms with Crippen LogP contribution >= 0.6 is 15.9 Å². The number of alkyl halides is 1. The number of amides is 1. The van der Waals surface area contributed by atoms with E-state index in [1.165, 1.54) is 0 Å². The molecule has 0 saturated carbocycles. The van der Waals surface area contributed by atoms with E-state index < -0.39 is 0 Å². The van der Waals surface area contributed by atoms with Crippen LogP contribution in [-0.4, -0.2) is 33.9 Å². The topological polar surface area (TPSA) is 46.3 Å². The summed E-state index contributed by atoms with van der Waals surface area (Å²) in [4.78, 5) is 14.2. The molecule has 0 aliphatic carbocycles. The van der Waals surface area contributed by atoms with Gasteiger partial charge in [0.2, 0.25) is 0 Å². The fraction of sp³-hybridized carbons (Fsp3) is 0.667. The first-order valence-electron chi connectivity index (χ1n) is 5.94. The van der Waals surface area contributed by atoms with Gasteiger partial charge < -0.3 is 9.42 Å². The Labute approximate surface area is 110 Å². The zero-order chi connectivity index (χ0) is 12.8.